The van der Waals surface area contributed by atoms with Gasteiger partial charge >= 0.3 is 0 Å². The maximum absolute atomic E-state index is 11.7. The first-order chi connectivity index (χ1) is 14.6. The van der Waals surface area contributed by atoms with Crippen molar-refractivity contribution < 1.29 is 9.53 Å². The third kappa shape index (κ3) is 4.62. The number of piperidine rings is 1. The maximum atomic E-state index is 11.7. The summed E-state index contributed by atoms with van der Waals surface area (Å²) in [4.78, 5) is 16.3. The molecule has 1 fully saturated rings. The van der Waals surface area contributed by atoms with E-state index in [2.05, 4.69) is 22.4 Å². The van der Waals surface area contributed by atoms with Gasteiger partial charge in [-0.05, 0) is 93.1 Å². The summed E-state index contributed by atoms with van der Waals surface area (Å²) in [5, 5.41) is 4.48. The zero-order chi connectivity index (χ0) is 20.9. The second-order valence-electron chi connectivity index (χ2n) is 8.10. The summed E-state index contributed by atoms with van der Waals surface area (Å²) in [5.74, 6) is 1.39. The van der Waals surface area contributed by atoms with E-state index in [0.717, 1.165) is 54.7 Å². The molecule has 0 radical (unpaired) electrons. The van der Waals surface area contributed by atoms with Crippen LogP contribution in [-0.2, 0) is 0 Å². The molecule has 1 atom stereocenters. The summed E-state index contributed by atoms with van der Waals surface area (Å²) in [7, 11) is 0. The quantitative estimate of drug-likeness (QED) is 0.620. The second kappa shape index (κ2) is 9.26. The van der Waals surface area contributed by atoms with E-state index < -0.39 is 0 Å². The Hall–Kier alpha value is -2.92. The molecule has 156 valence electrons. The van der Waals surface area contributed by atoms with Gasteiger partial charge in [0.2, 0.25) is 5.91 Å². The van der Waals surface area contributed by atoms with Crippen LogP contribution in [0.1, 0.15) is 46.8 Å². The van der Waals surface area contributed by atoms with Crippen LogP contribution in [0.4, 0.5) is 0 Å². The number of ether oxygens (including phenoxy) is 1. The molecule has 2 aromatic carbocycles. The molecule has 3 N–H and O–H groups in total. The number of carbonyl (C=O) groups is 1. The van der Waals surface area contributed by atoms with Gasteiger partial charge in [-0.3, -0.25) is 9.78 Å². The number of pyridine rings is 1. The van der Waals surface area contributed by atoms with Crippen molar-refractivity contribution in [3.05, 3.63) is 71.4 Å². The van der Waals surface area contributed by atoms with Crippen LogP contribution in [0.5, 0.6) is 5.75 Å². The summed E-state index contributed by atoms with van der Waals surface area (Å²) < 4.78 is 6.23. The number of aryl methyl sites for hydroxylation is 1. The highest BCUT2D eigenvalue weighted by molar-refractivity contribution is 5.92. The number of rotatable bonds is 7. The van der Waals surface area contributed by atoms with Crippen molar-refractivity contribution in [2.45, 2.75) is 32.1 Å². The first-order valence-corrected chi connectivity index (χ1v) is 10.7. The number of nitrogens with zero attached hydrogens (tertiary/aromatic N) is 1. The number of carbonyl (C=O) groups excluding carboxylic acids is 1. The molecule has 30 heavy (non-hydrogen) atoms. The largest absolute Gasteiger partial charge is 0.493 e. The SMILES string of the molecule is Cc1ccc2c(OCCC(c3cccc(C(N)=O)c3)C3CCNCC3)cccc2n1. The van der Waals surface area contributed by atoms with E-state index in [9.17, 15) is 4.79 Å². The molecule has 5 nitrogen and oxygen atoms in total. The fraction of sp³-hybridized carbons (Fsp3) is 0.360. The van der Waals surface area contributed by atoms with Crippen LogP contribution in [0.15, 0.2) is 54.6 Å². The molecule has 1 aliphatic rings. The fourth-order valence-electron chi connectivity index (χ4n) is 4.49. The van der Waals surface area contributed by atoms with E-state index in [1.54, 1.807) is 6.07 Å². The molecule has 0 bridgehead atoms. The van der Waals surface area contributed by atoms with Gasteiger partial charge in [0.05, 0.1) is 12.1 Å². The highest BCUT2D eigenvalue weighted by atomic mass is 16.5. The Balaban J connectivity index is 1.53. The molecule has 1 saturated heterocycles. The molecule has 0 spiro atoms. The Labute approximate surface area is 177 Å². The number of benzene rings is 2. The minimum atomic E-state index is -0.379. The third-order valence-corrected chi connectivity index (χ3v) is 6.07. The van der Waals surface area contributed by atoms with E-state index in [4.69, 9.17) is 10.5 Å². The Morgan fingerprint density at radius 3 is 2.77 bits per heavy atom. The first kappa shape index (κ1) is 20.4. The van der Waals surface area contributed by atoms with Crippen molar-refractivity contribution in [2.75, 3.05) is 19.7 Å². The molecule has 4 rings (SSSR count). The number of aromatic nitrogens is 1. The van der Waals surface area contributed by atoms with Gasteiger partial charge in [-0.2, -0.15) is 0 Å². The molecule has 5 heteroatoms. The average molecular weight is 404 g/mol. The molecule has 1 amide bonds. The minimum absolute atomic E-state index is 0.335. The first-order valence-electron chi connectivity index (χ1n) is 10.7. The number of hydrogen-bond acceptors (Lipinski definition) is 4. The van der Waals surface area contributed by atoms with Crippen LogP contribution >= 0.6 is 0 Å². The van der Waals surface area contributed by atoms with E-state index in [0.29, 0.717) is 24.0 Å². The number of hydrogen-bond donors (Lipinski definition) is 2. The van der Waals surface area contributed by atoms with Crippen molar-refractivity contribution in [1.29, 1.82) is 0 Å². The van der Waals surface area contributed by atoms with Gasteiger partial charge in [0, 0.05) is 16.6 Å². The predicted octanol–water partition coefficient (Wildman–Crippen LogP) is 4.19. The lowest BCUT2D eigenvalue weighted by Gasteiger charge is -2.31. The van der Waals surface area contributed by atoms with Crippen molar-refractivity contribution in [1.82, 2.24) is 10.3 Å². The standard InChI is InChI=1S/C25H29N3O2/c1-17-8-9-22-23(28-17)6-3-7-24(22)30-15-12-21(18-10-13-27-14-11-18)19-4-2-5-20(16-19)25(26)29/h2-9,16,18,21,27H,10-15H2,1H3,(H2,26,29). The van der Waals surface area contributed by atoms with Gasteiger partial charge in [0.1, 0.15) is 5.75 Å². The lowest BCUT2D eigenvalue weighted by Crippen LogP contribution is -2.31. The minimum Gasteiger partial charge on any atom is -0.493 e. The number of nitrogens with two attached hydrogens (primary N) is 1. The number of amides is 1. The maximum Gasteiger partial charge on any atom is 0.248 e. The lowest BCUT2D eigenvalue weighted by molar-refractivity contribution is 0.1000. The normalized spacial score (nSPS) is 15.8. The van der Waals surface area contributed by atoms with Crippen LogP contribution in [0.2, 0.25) is 0 Å². The van der Waals surface area contributed by atoms with Gasteiger partial charge in [0.15, 0.2) is 0 Å². The fourth-order valence-corrected chi connectivity index (χ4v) is 4.49. The summed E-state index contributed by atoms with van der Waals surface area (Å²) in [6.45, 7) is 4.68. The Morgan fingerprint density at radius 1 is 1.17 bits per heavy atom. The molecule has 1 aliphatic heterocycles. The number of fused-ring (bicyclic) bond motifs is 1. The molecular formula is C25H29N3O2. The monoisotopic (exact) mass is 403 g/mol. The van der Waals surface area contributed by atoms with Crippen molar-refractivity contribution in [3.8, 4) is 5.75 Å². The molecule has 2 heterocycles. The molecule has 0 saturated carbocycles. The zero-order valence-electron chi connectivity index (χ0n) is 17.4. The summed E-state index contributed by atoms with van der Waals surface area (Å²) >= 11 is 0. The molecular weight excluding hydrogens is 374 g/mol. The Kier molecular flexibility index (Phi) is 6.29. The molecule has 1 unspecified atom stereocenters. The average Bonchev–Trinajstić information content (AvgIpc) is 2.77. The lowest BCUT2D eigenvalue weighted by atomic mass is 9.78. The summed E-state index contributed by atoms with van der Waals surface area (Å²) in [5.41, 5.74) is 9.23. The molecule has 3 aromatic rings. The molecule has 0 aliphatic carbocycles. The van der Waals surface area contributed by atoms with Crippen molar-refractivity contribution in [3.63, 3.8) is 0 Å². The van der Waals surface area contributed by atoms with Gasteiger partial charge in [-0.15, -0.1) is 0 Å². The topological polar surface area (TPSA) is 77.2 Å². The van der Waals surface area contributed by atoms with Crippen LogP contribution in [0.25, 0.3) is 10.9 Å². The van der Waals surface area contributed by atoms with Crippen LogP contribution in [0, 0.1) is 12.8 Å². The highest BCUT2D eigenvalue weighted by Crippen LogP contribution is 2.35. The summed E-state index contributed by atoms with van der Waals surface area (Å²) in [6, 6.07) is 17.9. The van der Waals surface area contributed by atoms with Crippen LogP contribution in [-0.4, -0.2) is 30.6 Å². The van der Waals surface area contributed by atoms with Crippen molar-refractivity contribution in [2.24, 2.45) is 11.7 Å². The Bertz CT molecular complexity index is 1030. The zero-order valence-corrected chi connectivity index (χ0v) is 17.4. The third-order valence-electron chi connectivity index (χ3n) is 6.07. The van der Waals surface area contributed by atoms with E-state index in [1.165, 1.54) is 5.56 Å². The van der Waals surface area contributed by atoms with Gasteiger partial charge in [0.25, 0.3) is 0 Å². The highest BCUT2D eigenvalue weighted by Gasteiger charge is 2.25. The van der Waals surface area contributed by atoms with E-state index in [-0.39, 0.29) is 5.91 Å². The van der Waals surface area contributed by atoms with Crippen molar-refractivity contribution >= 4 is 16.8 Å². The smallest absolute Gasteiger partial charge is 0.248 e. The van der Waals surface area contributed by atoms with Crippen LogP contribution in [0.3, 0.4) is 0 Å². The van der Waals surface area contributed by atoms with Crippen LogP contribution < -0.4 is 15.8 Å². The summed E-state index contributed by atoms with van der Waals surface area (Å²) in [6.07, 6.45) is 3.15. The second-order valence-corrected chi connectivity index (χ2v) is 8.10. The van der Waals surface area contributed by atoms with Gasteiger partial charge in [-0.25, -0.2) is 0 Å². The number of nitrogens with one attached hydrogen (secondary N) is 1. The van der Waals surface area contributed by atoms with Gasteiger partial charge in [-0.1, -0.05) is 18.2 Å². The Morgan fingerprint density at radius 2 is 1.97 bits per heavy atom. The number of primary amides is 1. The van der Waals surface area contributed by atoms with E-state index in [1.807, 2.05) is 43.3 Å². The van der Waals surface area contributed by atoms with Gasteiger partial charge < -0.3 is 15.8 Å². The van der Waals surface area contributed by atoms with E-state index >= 15 is 0 Å². The predicted molar refractivity (Wildman–Crippen MR) is 120 cm³/mol. The molecule has 1 aromatic heterocycles.